The van der Waals surface area contributed by atoms with Gasteiger partial charge in [0.05, 0.1) is 29.6 Å². The summed E-state index contributed by atoms with van der Waals surface area (Å²) in [6, 6.07) is 10.5. The number of ketones is 1. The summed E-state index contributed by atoms with van der Waals surface area (Å²) in [5.74, 6) is -1.88. The van der Waals surface area contributed by atoms with E-state index in [9.17, 15) is 18.4 Å². The van der Waals surface area contributed by atoms with Crippen LogP contribution in [0.25, 0.3) is 11.0 Å². The molecular weight excluding hydrogens is 366 g/mol. The van der Waals surface area contributed by atoms with E-state index in [-0.39, 0.29) is 25.0 Å². The van der Waals surface area contributed by atoms with Crippen LogP contribution in [0.4, 0.5) is 8.78 Å². The van der Waals surface area contributed by atoms with Crippen LogP contribution in [0.5, 0.6) is 0 Å². The largest absolute Gasteiger partial charge is 0.466 e. The highest BCUT2D eigenvalue weighted by Crippen LogP contribution is 2.16. The van der Waals surface area contributed by atoms with E-state index in [1.807, 2.05) is 31.2 Å². The third-order valence-electron chi connectivity index (χ3n) is 4.42. The number of carbonyl (C=O) groups excluding carboxylic acids is 2. The molecule has 5 nitrogen and oxygen atoms in total. The van der Waals surface area contributed by atoms with Gasteiger partial charge >= 0.3 is 5.97 Å². The molecule has 3 aromatic rings. The first kappa shape index (κ1) is 19.7. The fourth-order valence-corrected chi connectivity index (χ4v) is 3.02. The molecule has 1 aromatic heterocycles. The van der Waals surface area contributed by atoms with Crippen molar-refractivity contribution < 1.29 is 23.1 Å². The minimum Gasteiger partial charge on any atom is -0.466 e. The number of fused-ring (bicyclic) bond motifs is 1. The van der Waals surface area contributed by atoms with Crippen molar-refractivity contribution in [2.45, 2.75) is 32.7 Å². The van der Waals surface area contributed by atoms with Gasteiger partial charge in [0.15, 0.2) is 5.78 Å². The maximum absolute atomic E-state index is 13.6. The highest BCUT2D eigenvalue weighted by Gasteiger charge is 2.15. The van der Waals surface area contributed by atoms with Crippen LogP contribution >= 0.6 is 0 Å². The third kappa shape index (κ3) is 4.60. The Balaban J connectivity index is 1.43. The quantitative estimate of drug-likeness (QED) is 0.330. The summed E-state index contributed by atoms with van der Waals surface area (Å²) in [6.07, 6.45) is 0.267. The number of ether oxygens (including phenoxy) is 1. The molecule has 0 aliphatic carbocycles. The average Bonchev–Trinajstić information content (AvgIpc) is 2.98. The number of hydrogen-bond donors (Lipinski definition) is 0. The molecule has 0 aliphatic rings. The van der Waals surface area contributed by atoms with Crippen LogP contribution in [-0.4, -0.2) is 27.9 Å². The minimum atomic E-state index is -0.929. The Morgan fingerprint density at radius 2 is 1.89 bits per heavy atom. The molecule has 0 unspecified atom stereocenters. The molecule has 146 valence electrons. The molecule has 0 saturated heterocycles. The molecule has 0 aliphatic heterocycles. The van der Waals surface area contributed by atoms with E-state index in [0.717, 1.165) is 29.0 Å². The summed E-state index contributed by atoms with van der Waals surface area (Å²) in [5.41, 5.74) is 1.72. The maximum atomic E-state index is 13.6. The van der Waals surface area contributed by atoms with Gasteiger partial charge in [-0.1, -0.05) is 12.1 Å². The van der Waals surface area contributed by atoms with Crippen LogP contribution in [-0.2, 0) is 16.1 Å². The Bertz CT molecular complexity index is 1010. The van der Waals surface area contributed by atoms with Crippen molar-refractivity contribution in [2.75, 3.05) is 6.61 Å². The van der Waals surface area contributed by atoms with E-state index in [2.05, 4.69) is 9.55 Å². The van der Waals surface area contributed by atoms with Gasteiger partial charge in [0.1, 0.15) is 17.5 Å². The zero-order valence-electron chi connectivity index (χ0n) is 15.5. The van der Waals surface area contributed by atoms with Crippen LogP contribution in [0.2, 0.25) is 0 Å². The number of esters is 1. The number of para-hydroxylation sites is 2. The van der Waals surface area contributed by atoms with E-state index in [4.69, 9.17) is 4.74 Å². The van der Waals surface area contributed by atoms with Crippen molar-refractivity contribution in [1.82, 2.24) is 9.55 Å². The molecule has 28 heavy (non-hydrogen) atoms. The predicted molar refractivity (Wildman–Crippen MR) is 100.0 cm³/mol. The molecule has 0 radical (unpaired) electrons. The number of Topliss-reactive ketones (excluding diaryl/α,β-unsaturated/α-hetero) is 1. The van der Waals surface area contributed by atoms with Crippen molar-refractivity contribution in [3.05, 3.63) is 65.5 Å². The summed E-state index contributed by atoms with van der Waals surface area (Å²) in [6.45, 7) is 2.79. The van der Waals surface area contributed by atoms with Crippen LogP contribution in [0.15, 0.2) is 42.5 Å². The Morgan fingerprint density at radius 1 is 1.11 bits per heavy atom. The van der Waals surface area contributed by atoms with Gasteiger partial charge in [-0.05, 0) is 37.6 Å². The number of rotatable bonds is 8. The number of carbonyl (C=O) groups is 2. The molecule has 0 atom stereocenters. The zero-order valence-corrected chi connectivity index (χ0v) is 15.5. The SMILES string of the molecule is Cc1nc2ccccc2n1CCCOC(=O)CCC(=O)c1ccc(F)cc1F. The van der Waals surface area contributed by atoms with E-state index in [0.29, 0.717) is 19.0 Å². The first-order valence-electron chi connectivity index (χ1n) is 9.01. The second-order valence-corrected chi connectivity index (χ2v) is 6.42. The smallest absolute Gasteiger partial charge is 0.306 e. The Hall–Kier alpha value is -3.09. The number of hydrogen-bond acceptors (Lipinski definition) is 4. The highest BCUT2D eigenvalue weighted by molar-refractivity contribution is 5.97. The van der Waals surface area contributed by atoms with Crippen molar-refractivity contribution >= 4 is 22.8 Å². The monoisotopic (exact) mass is 386 g/mol. The Labute approximate surface area is 160 Å². The lowest BCUT2D eigenvalue weighted by Crippen LogP contribution is -2.11. The topological polar surface area (TPSA) is 61.2 Å². The number of aryl methyl sites for hydroxylation is 2. The average molecular weight is 386 g/mol. The Kier molecular flexibility index (Phi) is 6.13. The number of aromatic nitrogens is 2. The molecule has 0 N–H and O–H groups in total. The summed E-state index contributed by atoms with van der Waals surface area (Å²) < 4.78 is 33.7. The van der Waals surface area contributed by atoms with Crippen molar-refractivity contribution in [2.24, 2.45) is 0 Å². The van der Waals surface area contributed by atoms with Gasteiger partial charge < -0.3 is 9.30 Å². The maximum Gasteiger partial charge on any atom is 0.306 e. The molecule has 7 heteroatoms. The normalized spacial score (nSPS) is 11.0. The first-order chi connectivity index (χ1) is 13.5. The van der Waals surface area contributed by atoms with Crippen LogP contribution in [0.1, 0.15) is 35.4 Å². The molecule has 0 spiro atoms. The van der Waals surface area contributed by atoms with Gasteiger partial charge in [-0.3, -0.25) is 9.59 Å². The fourth-order valence-electron chi connectivity index (χ4n) is 3.02. The van der Waals surface area contributed by atoms with Crippen LogP contribution in [0, 0.1) is 18.6 Å². The molecule has 0 fully saturated rings. The van der Waals surface area contributed by atoms with E-state index < -0.39 is 23.4 Å². The number of halogens is 2. The zero-order chi connectivity index (χ0) is 20.1. The van der Waals surface area contributed by atoms with E-state index >= 15 is 0 Å². The van der Waals surface area contributed by atoms with Crippen molar-refractivity contribution in [1.29, 1.82) is 0 Å². The van der Waals surface area contributed by atoms with Crippen LogP contribution in [0.3, 0.4) is 0 Å². The van der Waals surface area contributed by atoms with Gasteiger partial charge in [0.2, 0.25) is 0 Å². The Morgan fingerprint density at radius 3 is 2.68 bits per heavy atom. The second-order valence-electron chi connectivity index (χ2n) is 6.42. The number of nitrogens with zero attached hydrogens (tertiary/aromatic N) is 2. The molecule has 2 aromatic carbocycles. The van der Waals surface area contributed by atoms with Crippen LogP contribution < -0.4 is 0 Å². The van der Waals surface area contributed by atoms with Gasteiger partial charge in [0, 0.05) is 19.0 Å². The predicted octanol–water partition coefficient (Wildman–Crippen LogP) is 4.22. The summed E-state index contributed by atoms with van der Waals surface area (Å²) >= 11 is 0. The fraction of sp³-hybridized carbons (Fsp3) is 0.286. The highest BCUT2D eigenvalue weighted by atomic mass is 19.1. The second kappa shape index (κ2) is 8.73. The molecule has 3 rings (SSSR count). The van der Waals surface area contributed by atoms with Gasteiger partial charge in [0.25, 0.3) is 0 Å². The van der Waals surface area contributed by atoms with Crippen molar-refractivity contribution in [3.63, 3.8) is 0 Å². The lowest BCUT2D eigenvalue weighted by Gasteiger charge is -2.08. The number of imidazole rings is 1. The molecule has 1 heterocycles. The van der Waals surface area contributed by atoms with Gasteiger partial charge in [-0.2, -0.15) is 0 Å². The molecule has 0 amide bonds. The van der Waals surface area contributed by atoms with Gasteiger partial charge in [-0.25, -0.2) is 13.8 Å². The standard InChI is InChI=1S/C21H20F2N2O3/c1-14-24-18-5-2-3-6-19(18)25(14)11-4-12-28-21(27)10-9-20(26)16-8-7-15(22)13-17(16)23/h2-3,5-8,13H,4,9-12H2,1H3. The summed E-state index contributed by atoms with van der Waals surface area (Å²) in [7, 11) is 0. The van der Waals surface area contributed by atoms with Gasteiger partial charge in [-0.15, -0.1) is 0 Å². The molecule has 0 saturated carbocycles. The lowest BCUT2D eigenvalue weighted by molar-refractivity contribution is -0.143. The van der Waals surface area contributed by atoms with E-state index in [1.165, 1.54) is 0 Å². The lowest BCUT2D eigenvalue weighted by atomic mass is 10.1. The van der Waals surface area contributed by atoms with E-state index in [1.54, 1.807) is 0 Å². The third-order valence-corrected chi connectivity index (χ3v) is 4.42. The molecular formula is C21H20F2N2O3. The summed E-state index contributed by atoms with van der Waals surface area (Å²) in [4.78, 5) is 28.2. The number of benzene rings is 2. The molecule has 0 bridgehead atoms. The minimum absolute atomic E-state index is 0.150. The first-order valence-corrected chi connectivity index (χ1v) is 9.01. The van der Waals surface area contributed by atoms with Crippen molar-refractivity contribution in [3.8, 4) is 0 Å². The summed E-state index contributed by atoms with van der Waals surface area (Å²) in [5, 5.41) is 0.